The van der Waals surface area contributed by atoms with Gasteiger partial charge in [-0.1, -0.05) is 70.5 Å². The number of rotatable bonds is 4. The molecule has 2 aromatic rings. The highest BCUT2D eigenvalue weighted by Gasteiger charge is 1.99. The average Bonchev–Trinajstić information content (AvgIpc) is 2.46. The van der Waals surface area contributed by atoms with Crippen molar-refractivity contribution in [3.05, 3.63) is 60.2 Å². The second kappa shape index (κ2) is 6.36. The zero-order valence-electron chi connectivity index (χ0n) is 9.90. The number of nitrogens with one attached hydrogen (secondary N) is 1. The molecule has 92 valence electrons. The molecule has 0 unspecified atom stereocenters. The first kappa shape index (κ1) is 12.8. The number of benzene rings is 2. The smallest absolute Gasteiger partial charge is 0.230 e. The van der Waals surface area contributed by atoms with Crippen LogP contribution in [-0.4, -0.2) is 11.2 Å². The van der Waals surface area contributed by atoms with Gasteiger partial charge in [-0.05, 0) is 16.7 Å². The van der Waals surface area contributed by atoms with Gasteiger partial charge >= 0.3 is 0 Å². The van der Waals surface area contributed by atoms with Crippen LogP contribution in [0.15, 0.2) is 54.6 Å². The number of carbonyl (C=O) groups is 1. The van der Waals surface area contributed by atoms with E-state index in [4.69, 9.17) is 0 Å². The Morgan fingerprint density at radius 1 is 0.944 bits per heavy atom. The monoisotopic (exact) mass is 303 g/mol. The minimum Gasteiger partial charge on any atom is -0.351 e. The molecule has 0 saturated carbocycles. The SMILES string of the molecule is O=C(CBr)NCc1ccc(-c2ccccc2)cc1. The average molecular weight is 304 g/mol. The maximum atomic E-state index is 11.1. The Hall–Kier alpha value is -1.61. The van der Waals surface area contributed by atoms with Crippen LogP contribution in [0.4, 0.5) is 0 Å². The number of hydrogen-bond donors (Lipinski definition) is 1. The highest BCUT2D eigenvalue weighted by Crippen LogP contribution is 2.19. The van der Waals surface area contributed by atoms with Crippen LogP contribution in [0.25, 0.3) is 11.1 Å². The van der Waals surface area contributed by atoms with Crippen molar-refractivity contribution in [2.24, 2.45) is 0 Å². The number of halogens is 1. The molecule has 1 N–H and O–H groups in total. The van der Waals surface area contributed by atoms with Crippen LogP contribution in [0.3, 0.4) is 0 Å². The molecule has 1 amide bonds. The molecule has 2 rings (SSSR count). The van der Waals surface area contributed by atoms with Crippen molar-refractivity contribution in [2.45, 2.75) is 6.54 Å². The summed E-state index contributed by atoms with van der Waals surface area (Å²) in [4.78, 5) is 11.1. The number of carbonyl (C=O) groups excluding carboxylic acids is 1. The van der Waals surface area contributed by atoms with Crippen LogP contribution in [-0.2, 0) is 11.3 Å². The molecule has 0 aliphatic rings. The van der Waals surface area contributed by atoms with E-state index >= 15 is 0 Å². The fraction of sp³-hybridized carbons (Fsp3) is 0.133. The summed E-state index contributed by atoms with van der Waals surface area (Å²) in [5.74, 6) is 0.00198. The van der Waals surface area contributed by atoms with E-state index in [1.807, 2.05) is 30.3 Å². The van der Waals surface area contributed by atoms with Gasteiger partial charge in [-0.2, -0.15) is 0 Å². The maximum Gasteiger partial charge on any atom is 0.230 e. The van der Waals surface area contributed by atoms with Crippen molar-refractivity contribution < 1.29 is 4.79 Å². The Balaban J connectivity index is 2.04. The van der Waals surface area contributed by atoms with Gasteiger partial charge in [-0.25, -0.2) is 0 Å². The van der Waals surface area contributed by atoms with Crippen LogP contribution in [0.2, 0.25) is 0 Å². The van der Waals surface area contributed by atoms with Crippen molar-refractivity contribution in [1.82, 2.24) is 5.32 Å². The topological polar surface area (TPSA) is 29.1 Å². The second-order valence-electron chi connectivity index (χ2n) is 3.97. The predicted octanol–water partition coefficient (Wildman–Crippen LogP) is 3.36. The normalized spacial score (nSPS) is 10.1. The molecule has 3 heteroatoms. The molecule has 0 bridgehead atoms. The zero-order chi connectivity index (χ0) is 12.8. The zero-order valence-corrected chi connectivity index (χ0v) is 11.5. The van der Waals surface area contributed by atoms with Crippen LogP contribution >= 0.6 is 15.9 Å². The fourth-order valence-electron chi connectivity index (χ4n) is 1.69. The largest absolute Gasteiger partial charge is 0.351 e. The number of amides is 1. The molecule has 0 aromatic heterocycles. The van der Waals surface area contributed by atoms with Gasteiger partial charge in [0.1, 0.15) is 0 Å². The summed E-state index contributed by atoms with van der Waals surface area (Å²) in [6.07, 6.45) is 0. The van der Waals surface area contributed by atoms with E-state index in [1.165, 1.54) is 11.1 Å². The van der Waals surface area contributed by atoms with Gasteiger partial charge in [0.05, 0.1) is 5.33 Å². The lowest BCUT2D eigenvalue weighted by Crippen LogP contribution is -2.23. The van der Waals surface area contributed by atoms with Crippen molar-refractivity contribution in [1.29, 1.82) is 0 Å². The van der Waals surface area contributed by atoms with Gasteiger partial charge in [0.25, 0.3) is 0 Å². The van der Waals surface area contributed by atoms with Crippen molar-refractivity contribution >= 4 is 21.8 Å². The standard InChI is InChI=1S/C15H14BrNO/c16-10-15(18)17-11-12-6-8-14(9-7-12)13-4-2-1-3-5-13/h1-9H,10-11H2,(H,17,18). The van der Waals surface area contributed by atoms with E-state index in [9.17, 15) is 4.79 Å². The van der Waals surface area contributed by atoms with Gasteiger partial charge < -0.3 is 5.32 Å². The van der Waals surface area contributed by atoms with Gasteiger partial charge in [-0.3, -0.25) is 4.79 Å². The summed E-state index contributed by atoms with van der Waals surface area (Å²) in [5.41, 5.74) is 3.49. The molecule has 0 fully saturated rings. The fourth-order valence-corrected chi connectivity index (χ4v) is 1.89. The third kappa shape index (κ3) is 3.44. The van der Waals surface area contributed by atoms with E-state index in [0.29, 0.717) is 11.9 Å². The van der Waals surface area contributed by atoms with E-state index in [2.05, 4.69) is 45.5 Å². The summed E-state index contributed by atoms with van der Waals surface area (Å²) in [6, 6.07) is 18.5. The van der Waals surface area contributed by atoms with E-state index in [1.54, 1.807) is 0 Å². The molecule has 0 aliphatic heterocycles. The molecule has 18 heavy (non-hydrogen) atoms. The number of hydrogen-bond acceptors (Lipinski definition) is 1. The lowest BCUT2D eigenvalue weighted by molar-refractivity contribution is -0.118. The molecule has 0 heterocycles. The molecule has 0 atom stereocenters. The predicted molar refractivity (Wildman–Crippen MR) is 77.5 cm³/mol. The summed E-state index contributed by atoms with van der Waals surface area (Å²) in [7, 11) is 0. The van der Waals surface area contributed by atoms with Crippen LogP contribution < -0.4 is 5.32 Å². The first-order chi connectivity index (χ1) is 8.79. The minimum atomic E-state index is 0.00198. The Morgan fingerprint density at radius 3 is 2.17 bits per heavy atom. The third-order valence-electron chi connectivity index (χ3n) is 2.67. The van der Waals surface area contributed by atoms with Crippen LogP contribution in [0.5, 0.6) is 0 Å². The molecule has 2 nitrogen and oxygen atoms in total. The Kier molecular flexibility index (Phi) is 4.53. The molecule has 0 spiro atoms. The summed E-state index contributed by atoms with van der Waals surface area (Å²) in [6.45, 7) is 0.569. The first-order valence-corrected chi connectivity index (χ1v) is 6.89. The molecular formula is C15H14BrNO. The molecular weight excluding hydrogens is 290 g/mol. The van der Waals surface area contributed by atoms with Crippen LogP contribution in [0.1, 0.15) is 5.56 Å². The molecule has 2 aromatic carbocycles. The van der Waals surface area contributed by atoms with Crippen molar-refractivity contribution in [3.8, 4) is 11.1 Å². The molecule has 0 radical (unpaired) electrons. The highest BCUT2D eigenvalue weighted by molar-refractivity contribution is 9.09. The van der Waals surface area contributed by atoms with Gasteiger partial charge in [-0.15, -0.1) is 0 Å². The van der Waals surface area contributed by atoms with E-state index < -0.39 is 0 Å². The molecule has 0 saturated heterocycles. The van der Waals surface area contributed by atoms with Crippen molar-refractivity contribution in [2.75, 3.05) is 5.33 Å². The maximum absolute atomic E-state index is 11.1. The third-order valence-corrected chi connectivity index (χ3v) is 3.18. The highest BCUT2D eigenvalue weighted by atomic mass is 79.9. The molecule has 0 aliphatic carbocycles. The van der Waals surface area contributed by atoms with Gasteiger partial charge in [0.15, 0.2) is 0 Å². The van der Waals surface area contributed by atoms with Gasteiger partial charge in [0.2, 0.25) is 5.91 Å². The Labute approximate surface area is 115 Å². The van der Waals surface area contributed by atoms with Gasteiger partial charge in [0, 0.05) is 6.54 Å². The number of alkyl halides is 1. The van der Waals surface area contributed by atoms with Crippen LogP contribution in [0, 0.1) is 0 Å². The quantitative estimate of drug-likeness (QED) is 0.862. The second-order valence-corrected chi connectivity index (χ2v) is 4.53. The summed E-state index contributed by atoms with van der Waals surface area (Å²) in [5, 5.41) is 3.16. The lowest BCUT2D eigenvalue weighted by Gasteiger charge is -2.05. The Morgan fingerprint density at radius 2 is 1.56 bits per heavy atom. The minimum absolute atomic E-state index is 0.00198. The summed E-state index contributed by atoms with van der Waals surface area (Å²) >= 11 is 3.12. The summed E-state index contributed by atoms with van der Waals surface area (Å²) < 4.78 is 0. The Bertz CT molecular complexity index is 508. The lowest BCUT2D eigenvalue weighted by atomic mass is 10.0. The first-order valence-electron chi connectivity index (χ1n) is 5.76. The van der Waals surface area contributed by atoms with Crippen molar-refractivity contribution in [3.63, 3.8) is 0 Å². The van der Waals surface area contributed by atoms with E-state index in [-0.39, 0.29) is 5.91 Å². The van der Waals surface area contributed by atoms with E-state index in [0.717, 1.165) is 5.56 Å².